The minimum atomic E-state index is -4.59. The number of fused-ring (bicyclic) bond motifs is 1. The molecule has 0 aliphatic heterocycles. The van der Waals surface area contributed by atoms with Crippen LogP contribution in [0.5, 0.6) is 0 Å². The first-order valence-electron chi connectivity index (χ1n) is 3.43. The lowest BCUT2D eigenvalue weighted by molar-refractivity contribution is -0.146. The second kappa shape index (κ2) is 2.81. The Morgan fingerprint density at radius 2 is 2.00 bits per heavy atom. The molecule has 2 aromatic heterocycles. The van der Waals surface area contributed by atoms with Crippen LogP contribution < -0.4 is 0 Å². The van der Waals surface area contributed by atoms with Crippen LogP contribution >= 0.6 is 11.6 Å². The maximum absolute atomic E-state index is 12.3. The van der Waals surface area contributed by atoms with Crippen LogP contribution in [-0.4, -0.2) is 19.8 Å². The van der Waals surface area contributed by atoms with Crippen LogP contribution in [0.3, 0.4) is 0 Å². The van der Waals surface area contributed by atoms with Crippen molar-refractivity contribution in [3.05, 3.63) is 23.1 Å². The standard InChI is InChI=1S/C6H2ClF3N4/c7-3-1-2-11-14-4(3)12-13-5(14)6(8,9)10/h1-2H. The topological polar surface area (TPSA) is 43.1 Å². The summed E-state index contributed by atoms with van der Waals surface area (Å²) in [4.78, 5) is 0. The quantitative estimate of drug-likeness (QED) is 0.683. The molecule has 2 heterocycles. The van der Waals surface area contributed by atoms with E-state index in [1.807, 2.05) is 0 Å². The van der Waals surface area contributed by atoms with Crippen LogP contribution in [0.15, 0.2) is 12.3 Å². The molecule has 4 nitrogen and oxygen atoms in total. The molecule has 0 N–H and O–H groups in total. The summed E-state index contributed by atoms with van der Waals surface area (Å²) < 4.78 is 37.4. The fourth-order valence-electron chi connectivity index (χ4n) is 0.955. The lowest BCUT2D eigenvalue weighted by Crippen LogP contribution is -2.12. The summed E-state index contributed by atoms with van der Waals surface area (Å²) in [5.41, 5.74) is -0.110. The van der Waals surface area contributed by atoms with Gasteiger partial charge in [0.1, 0.15) is 0 Å². The second-order valence-electron chi connectivity index (χ2n) is 2.44. The van der Waals surface area contributed by atoms with E-state index in [9.17, 15) is 13.2 Å². The highest BCUT2D eigenvalue weighted by Gasteiger charge is 2.37. The minimum Gasteiger partial charge on any atom is -0.187 e. The van der Waals surface area contributed by atoms with Gasteiger partial charge in [0.05, 0.1) is 5.02 Å². The zero-order chi connectivity index (χ0) is 10.3. The highest BCUT2D eigenvalue weighted by atomic mass is 35.5. The van der Waals surface area contributed by atoms with Gasteiger partial charge in [-0.2, -0.15) is 22.8 Å². The number of aromatic nitrogens is 4. The molecule has 74 valence electrons. The van der Waals surface area contributed by atoms with Gasteiger partial charge in [-0.1, -0.05) is 11.6 Å². The van der Waals surface area contributed by atoms with Crippen LogP contribution in [0.2, 0.25) is 5.02 Å². The number of hydrogen-bond acceptors (Lipinski definition) is 3. The van der Waals surface area contributed by atoms with Crippen molar-refractivity contribution in [3.8, 4) is 0 Å². The van der Waals surface area contributed by atoms with Crippen molar-refractivity contribution in [1.29, 1.82) is 0 Å². The molecule has 0 amide bonds. The third-order valence-corrected chi connectivity index (χ3v) is 1.81. The van der Waals surface area contributed by atoms with Crippen molar-refractivity contribution in [2.24, 2.45) is 0 Å². The van der Waals surface area contributed by atoms with E-state index in [1.54, 1.807) is 0 Å². The van der Waals surface area contributed by atoms with Crippen LogP contribution in [0.4, 0.5) is 13.2 Å². The van der Waals surface area contributed by atoms with Gasteiger partial charge >= 0.3 is 6.18 Å². The minimum absolute atomic E-state index is 0.0722. The van der Waals surface area contributed by atoms with E-state index in [-0.39, 0.29) is 10.7 Å². The zero-order valence-corrected chi connectivity index (χ0v) is 7.21. The smallest absolute Gasteiger partial charge is 0.187 e. The lowest BCUT2D eigenvalue weighted by Gasteiger charge is -2.01. The summed E-state index contributed by atoms with van der Waals surface area (Å²) in [5, 5.41) is 9.78. The van der Waals surface area contributed by atoms with Crippen molar-refractivity contribution >= 4 is 17.2 Å². The molecule has 0 saturated carbocycles. The number of rotatable bonds is 0. The molecule has 0 radical (unpaired) electrons. The van der Waals surface area contributed by atoms with Crippen molar-refractivity contribution < 1.29 is 13.2 Å². The molecule has 0 aromatic carbocycles. The average molecular weight is 223 g/mol. The first-order chi connectivity index (χ1) is 6.50. The van der Waals surface area contributed by atoms with Gasteiger partial charge in [0.15, 0.2) is 5.65 Å². The van der Waals surface area contributed by atoms with E-state index in [0.29, 0.717) is 4.52 Å². The summed E-state index contributed by atoms with van der Waals surface area (Å²) in [6, 6.07) is 1.34. The SMILES string of the molecule is FC(F)(F)c1nnc2c(Cl)ccnn12. The Labute approximate surface area is 80.3 Å². The Morgan fingerprint density at radius 3 is 2.64 bits per heavy atom. The fourth-order valence-corrected chi connectivity index (χ4v) is 1.13. The van der Waals surface area contributed by atoms with Crippen LogP contribution in [0, 0.1) is 0 Å². The van der Waals surface area contributed by atoms with Gasteiger partial charge in [-0.3, -0.25) is 0 Å². The zero-order valence-electron chi connectivity index (χ0n) is 6.46. The molecule has 2 rings (SSSR count). The summed E-state index contributed by atoms with van der Waals surface area (Å²) in [6.45, 7) is 0. The maximum atomic E-state index is 12.3. The Balaban J connectivity index is 2.76. The number of hydrogen-bond donors (Lipinski definition) is 0. The Bertz CT molecular complexity index is 477. The van der Waals surface area contributed by atoms with Gasteiger partial charge in [-0.15, -0.1) is 10.2 Å². The molecule has 14 heavy (non-hydrogen) atoms. The molecule has 2 aromatic rings. The maximum Gasteiger partial charge on any atom is 0.453 e. The first kappa shape index (κ1) is 9.20. The molecule has 0 bridgehead atoms. The number of alkyl halides is 3. The van der Waals surface area contributed by atoms with E-state index >= 15 is 0 Å². The molecule has 0 atom stereocenters. The molecular weight excluding hydrogens is 221 g/mol. The van der Waals surface area contributed by atoms with E-state index < -0.39 is 12.0 Å². The van der Waals surface area contributed by atoms with Gasteiger partial charge in [0, 0.05) is 6.20 Å². The third-order valence-electron chi connectivity index (χ3n) is 1.51. The fraction of sp³-hybridized carbons (Fsp3) is 0.167. The van der Waals surface area contributed by atoms with Crippen molar-refractivity contribution in [3.63, 3.8) is 0 Å². The van der Waals surface area contributed by atoms with E-state index in [4.69, 9.17) is 11.6 Å². The van der Waals surface area contributed by atoms with Crippen LogP contribution in [0.1, 0.15) is 5.82 Å². The summed E-state index contributed by atoms with van der Waals surface area (Å²) in [6.07, 6.45) is -3.44. The van der Waals surface area contributed by atoms with Gasteiger partial charge in [-0.25, -0.2) is 0 Å². The number of halogens is 4. The molecule has 0 spiro atoms. The molecule has 0 aliphatic rings. The summed E-state index contributed by atoms with van der Waals surface area (Å²) >= 11 is 5.59. The third kappa shape index (κ3) is 1.29. The van der Waals surface area contributed by atoms with Crippen molar-refractivity contribution in [1.82, 2.24) is 19.8 Å². The number of nitrogens with zero attached hydrogens (tertiary/aromatic N) is 4. The first-order valence-corrected chi connectivity index (χ1v) is 3.81. The van der Waals surface area contributed by atoms with Gasteiger partial charge in [0.25, 0.3) is 5.82 Å². The summed E-state index contributed by atoms with van der Waals surface area (Å²) in [5.74, 6) is -1.19. The Morgan fingerprint density at radius 1 is 1.29 bits per heavy atom. The van der Waals surface area contributed by atoms with Crippen LogP contribution in [-0.2, 0) is 6.18 Å². The molecule has 0 aliphatic carbocycles. The van der Waals surface area contributed by atoms with Gasteiger partial charge in [0.2, 0.25) is 0 Å². The average Bonchev–Trinajstić information content (AvgIpc) is 2.47. The monoisotopic (exact) mass is 222 g/mol. The molecule has 0 fully saturated rings. The van der Waals surface area contributed by atoms with Gasteiger partial charge < -0.3 is 0 Å². The Hall–Kier alpha value is -1.37. The Kier molecular flexibility index (Phi) is 1.84. The van der Waals surface area contributed by atoms with Crippen LogP contribution in [0.25, 0.3) is 5.65 Å². The largest absolute Gasteiger partial charge is 0.453 e. The van der Waals surface area contributed by atoms with E-state index in [0.717, 1.165) is 6.20 Å². The predicted octanol–water partition coefficient (Wildman–Crippen LogP) is 1.80. The van der Waals surface area contributed by atoms with E-state index in [2.05, 4.69) is 15.3 Å². The molecule has 0 unspecified atom stereocenters. The van der Waals surface area contributed by atoms with E-state index in [1.165, 1.54) is 6.07 Å². The molecule has 8 heteroatoms. The lowest BCUT2D eigenvalue weighted by atomic mass is 10.5. The van der Waals surface area contributed by atoms with Crippen molar-refractivity contribution in [2.45, 2.75) is 6.18 Å². The highest BCUT2D eigenvalue weighted by Crippen LogP contribution is 2.28. The van der Waals surface area contributed by atoms with Gasteiger partial charge in [-0.05, 0) is 6.07 Å². The van der Waals surface area contributed by atoms with Crippen molar-refractivity contribution in [2.75, 3.05) is 0 Å². The second-order valence-corrected chi connectivity index (χ2v) is 2.84. The molecule has 0 saturated heterocycles. The summed E-state index contributed by atoms with van der Waals surface area (Å²) in [7, 11) is 0. The normalized spacial score (nSPS) is 12.3. The highest BCUT2D eigenvalue weighted by molar-refractivity contribution is 6.33. The molecular formula is C6H2ClF3N4. The predicted molar refractivity (Wildman–Crippen MR) is 40.8 cm³/mol.